The highest BCUT2D eigenvalue weighted by atomic mass is 16.5. The third kappa shape index (κ3) is 2.51. The average molecular weight is 371 g/mol. The fourth-order valence-corrected chi connectivity index (χ4v) is 4.59. The number of aromatic hydroxyl groups is 2. The number of phenols is 2. The van der Waals surface area contributed by atoms with Gasteiger partial charge >= 0.3 is 0 Å². The normalized spacial score (nSPS) is 18.3. The highest BCUT2D eigenvalue weighted by molar-refractivity contribution is 5.88. The molecule has 1 atom stereocenters. The maximum Gasteiger partial charge on any atom is 0.203 e. The van der Waals surface area contributed by atoms with Crippen LogP contribution in [0.25, 0.3) is 11.1 Å². The largest absolute Gasteiger partial charge is 0.504 e. The van der Waals surface area contributed by atoms with Crippen LogP contribution in [0, 0.1) is 0 Å². The van der Waals surface area contributed by atoms with E-state index in [0.717, 1.165) is 48.1 Å². The number of rotatable bonds is 3. The molecule has 0 amide bonds. The second-order valence-corrected chi connectivity index (χ2v) is 7.16. The van der Waals surface area contributed by atoms with E-state index in [9.17, 15) is 10.2 Å². The molecule has 0 saturated carbocycles. The van der Waals surface area contributed by atoms with Gasteiger partial charge in [0.15, 0.2) is 23.0 Å². The van der Waals surface area contributed by atoms with E-state index in [2.05, 4.69) is 11.9 Å². The Hall–Kier alpha value is -2.60. The fourth-order valence-electron chi connectivity index (χ4n) is 4.59. The van der Waals surface area contributed by atoms with Gasteiger partial charge in [-0.25, -0.2) is 0 Å². The number of hydrogen-bond donors (Lipinski definition) is 2. The van der Waals surface area contributed by atoms with Crippen molar-refractivity contribution in [3.05, 3.63) is 28.8 Å². The Balaban J connectivity index is 2.13. The van der Waals surface area contributed by atoms with E-state index in [1.165, 1.54) is 7.11 Å². The van der Waals surface area contributed by atoms with Gasteiger partial charge in [0.1, 0.15) is 0 Å². The smallest absolute Gasteiger partial charge is 0.203 e. The lowest BCUT2D eigenvalue weighted by atomic mass is 9.85. The van der Waals surface area contributed by atoms with E-state index >= 15 is 0 Å². The van der Waals surface area contributed by atoms with Crippen LogP contribution < -0.4 is 14.2 Å². The molecule has 6 nitrogen and oxygen atoms in total. The summed E-state index contributed by atoms with van der Waals surface area (Å²) in [5.74, 6) is 1.29. The number of phenolic OH excluding ortho intramolecular Hbond substituents is 2. The number of ether oxygens (including phenoxy) is 3. The van der Waals surface area contributed by atoms with Gasteiger partial charge in [0.05, 0.1) is 21.3 Å². The average Bonchev–Trinajstić information content (AvgIpc) is 2.83. The molecule has 0 bridgehead atoms. The minimum Gasteiger partial charge on any atom is -0.504 e. The lowest BCUT2D eigenvalue weighted by Crippen LogP contribution is -2.32. The molecule has 2 aliphatic rings. The van der Waals surface area contributed by atoms with E-state index in [4.69, 9.17) is 14.2 Å². The summed E-state index contributed by atoms with van der Waals surface area (Å²) in [7, 11) is 6.73. The van der Waals surface area contributed by atoms with Crippen LogP contribution in [0.15, 0.2) is 12.1 Å². The van der Waals surface area contributed by atoms with Crippen molar-refractivity contribution in [2.24, 2.45) is 0 Å². The number of fused-ring (bicyclic) bond motifs is 2. The quantitative estimate of drug-likeness (QED) is 0.863. The SMILES string of the molecule is COc1cc2c(c(O)c1OC)-c1c(OC)c(O)cc3c1[C@@H](CC2)N(C)CC3. The summed E-state index contributed by atoms with van der Waals surface area (Å²) >= 11 is 0. The third-order valence-electron chi connectivity index (χ3n) is 5.85. The van der Waals surface area contributed by atoms with Gasteiger partial charge in [-0.2, -0.15) is 0 Å². The molecule has 0 fully saturated rings. The van der Waals surface area contributed by atoms with Gasteiger partial charge in [0.25, 0.3) is 0 Å². The van der Waals surface area contributed by atoms with Gasteiger partial charge in [0, 0.05) is 23.7 Å². The number of aryl methyl sites for hydroxylation is 1. The standard InChI is InChI=1S/C21H25NO5/c1-22-8-7-12-9-14(23)20(26-3)18-16(12)13(22)6-5-11-10-15(25-2)21(27-4)19(24)17(11)18/h9-10,13,23-24H,5-8H2,1-4H3/t13-/m1/s1. The summed E-state index contributed by atoms with van der Waals surface area (Å²) < 4.78 is 16.4. The first-order valence-corrected chi connectivity index (χ1v) is 9.11. The van der Waals surface area contributed by atoms with Crippen LogP contribution in [0.5, 0.6) is 28.7 Å². The highest BCUT2D eigenvalue weighted by Crippen LogP contribution is 2.56. The molecule has 1 heterocycles. The molecule has 0 aromatic heterocycles. The molecule has 27 heavy (non-hydrogen) atoms. The van der Waals surface area contributed by atoms with E-state index < -0.39 is 0 Å². The molecule has 0 saturated heterocycles. The first kappa shape index (κ1) is 17.8. The van der Waals surface area contributed by atoms with E-state index in [0.29, 0.717) is 17.1 Å². The van der Waals surface area contributed by atoms with Gasteiger partial charge in [0.2, 0.25) is 5.75 Å². The lowest BCUT2D eigenvalue weighted by molar-refractivity contribution is 0.220. The maximum absolute atomic E-state index is 11.1. The Morgan fingerprint density at radius 1 is 0.926 bits per heavy atom. The van der Waals surface area contributed by atoms with Crippen molar-refractivity contribution >= 4 is 0 Å². The zero-order chi connectivity index (χ0) is 19.3. The molecule has 6 heteroatoms. The number of likely N-dealkylation sites (N-methyl/N-ethyl adjacent to an activating group) is 1. The number of hydrogen-bond acceptors (Lipinski definition) is 6. The first-order valence-electron chi connectivity index (χ1n) is 9.11. The molecular weight excluding hydrogens is 346 g/mol. The van der Waals surface area contributed by atoms with Crippen molar-refractivity contribution in [3.63, 3.8) is 0 Å². The van der Waals surface area contributed by atoms with Crippen molar-refractivity contribution in [1.29, 1.82) is 0 Å². The molecular formula is C21H25NO5. The zero-order valence-corrected chi connectivity index (χ0v) is 16.1. The zero-order valence-electron chi connectivity index (χ0n) is 16.1. The minimum atomic E-state index is 0.0202. The highest BCUT2D eigenvalue weighted by Gasteiger charge is 2.36. The van der Waals surface area contributed by atoms with Crippen LogP contribution in [0.4, 0.5) is 0 Å². The predicted molar refractivity (Wildman–Crippen MR) is 102 cm³/mol. The van der Waals surface area contributed by atoms with Gasteiger partial charge in [-0.3, -0.25) is 4.90 Å². The molecule has 2 aromatic carbocycles. The van der Waals surface area contributed by atoms with Crippen LogP contribution in [0.2, 0.25) is 0 Å². The Morgan fingerprint density at radius 3 is 2.33 bits per heavy atom. The molecule has 0 spiro atoms. The van der Waals surface area contributed by atoms with Crippen molar-refractivity contribution < 1.29 is 24.4 Å². The van der Waals surface area contributed by atoms with Crippen molar-refractivity contribution in [3.8, 4) is 39.9 Å². The Morgan fingerprint density at radius 2 is 1.67 bits per heavy atom. The Bertz CT molecular complexity index is 908. The Kier molecular flexibility index (Phi) is 4.30. The summed E-state index contributed by atoms with van der Waals surface area (Å²) in [4.78, 5) is 2.33. The van der Waals surface area contributed by atoms with Crippen molar-refractivity contribution in [2.75, 3.05) is 34.9 Å². The monoisotopic (exact) mass is 371 g/mol. The third-order valence-corrected chi connectivity index (χ3v) is 5.85. The number of nitrogens with zero attached hydrogens (tertiary/aromatic N) is 1. The second-order valence-electron chi connectivity index (χ2n) is 7.16. The predicted octanol–water partition coefficient (Wildman–Crippen LogP) is 3.27. The van der Waals surface area contributed by atoms with Gasteiger partial charge in [-0.05, 0) is 55.1 Å². The van der Waals surface area contributed by atoms with Crippen LogP contribution in [0.1, 0.15) is 29.2 Å². The van der Waals surface area contributed by atoms with Gasteiger partial charge in [-0.1, -0.05) is 0 Å². The summed E-state index contributed by atoms with van der Waals surface area (Å²) in [6.07, 6.45) is 2.53. The second kappa shape index (κ2) is 6.53. The molecule has 0 radical (unpaired) electrons. The number of methoxy groups -OCH3 is 3. The van der Waals surface area contributed by atoms with Crippen LogP contribution in [-0.4, -0.2) is 50.0 Å². The molecule has 2 N–H and O–H groups in total. The molecule has 2 aromatic rings. The van der Waals surface area contributed by atoms with Crippen LogP contribution in [0.3, 0.4) is 0 Å². The maximum atomic E-state index is 11.1. The topological polar surface area (TPSA) is 71.4 Å². The van der Waals surface area contributed by atoms with Gasteiger partial charge < -0.3 is 24.4 Å². The van der Waals surface area contributed by atoms with Crippen LogP contribution in [-0.2, 0) is 12.8 Å². The molecule has 144 valence electrons. The van der Waals surface area contributed by atoms with Gasteiger partial charge in [-0.15, -0.1) is 0 Å². The van der Waals surface area contributed by atoms with E-state index in [1.807, 2.05) is 6.07 Å². The minimum absolute atomic E-state index is 0.0202. The lowest BCUT2D eigenvalue weighted by Gasteiger charge is -2.35. The van der Waals surface area contributed by atoms with E-state index in [-0.39, 0.29) is 23.3 Å². The summed E-state index contributed by atoms with van der Waals surface area (Å²) in [6.45, 7) is 0.928. The molecule has 1 aliphatic heterocycles. The molecule has 1 aliphatic carbocycles. The van der Waals surface area contributed by atoms with Crippen molar-refractivity contribution in [1.82, 2.24) is 4.90 Å². The summed E-state index contributed by atoms with van der Waals surface area (Å²) in [5, 5.41) is 21.7. The summed E-state index contributed by atoms with van der Waals surface area (Å²) in [5.41, 5.74) is 4.61. The Labute approximate surface area is 158 Å². The molecule has 0 unspecified atom stereocenters. The molecule has 4 rings (SSSR count). The van der Waals surface area contributed by atoms with Crippen LogP contribution >= 0.6 is 0 Å². The van der Waals surface area contributed by atoms with E-state index in [1.54, 1.807) is 20.3 Å². The van der Waals surface area contributed by atoms with Crippen molar-refractivity contribution in [2.45, 2.75) is 25.3 Å². The first-order chi connectivity index (χ1) is 13.0. The number of benzene rings is 2. The summed E-state index contributed by atoms with van der Waals surface area (Å²) in [6, 6.07) is 3.92. The fraction of sp³-hybridized carbons (Fsp3) is 0.429.